The van der Waals surface area contributed by atoms with E-state index in [0.29, 0.717) is 28.2 Å². The van der Waals surface area contributed by atoms with Gasteiger partial charge in [-0.25, -0.2) is 0 Å². The van der Waals surface area contributed by atoms with Gasteiger partial charge in [-0.3, -0.25) is 0 Å². The summed E-state index contributed by atoms with van der Waals surface area (Å²) in [5.41, 5.74) is 3.93. The quantitative estimate of drug-likeness (QED) is 0.526. The zero-order valence-electron chi connectivity index (χ0n) is 15.0. The predicted octanol–water partition coefficient (Wildman–Crippen LogP) is 5.89. The molecule has 0 spiro atoms. The first kappa shape index (κ1) is 18.5. The van der Waals surface area contributed by atoms with Crippen molar-refractivity contribution in [2.45, 2.75) is 13.0 Å². The zero-order valence-corrected chi connectivity index (χ0v) is 16.5. The fourth-order valence-electron chi connectivity index (χ4n) is 2.90. The largest absolute Gasteiger partial charge is 0.343 e. The Balaban J connectivity index is 1.52. The third-order valence-corrected chi connectivity index (χ3v) is 5.12. The summed E-state index contributed by atoms with van der Waals surface area (Å²) in [7, 11) is 0. The SMILES string of the molecule is C=C1C=CC(c2noc(Cc3ccc(Cl)c(Cl)c3)n2)=CN1Cc1ccccc1. The Bertz CT molecular complexity index is 1070. The summed E-state index contributed by atoms with van der Waals surface area (Å²) in [6.45, 7) is 4.83. The van der Waals surface area contributed by atoms with Gasteiger partial charge in [0.25, 0.3) is 0 Å². The number of nitrogens with zero attached hydrogens (tertiary/aromatic N) is 3. The number of halogens is 2. The number of hydrogen-bond acceptors (Lipinski definition) is 4. The number of aromatic nitrogens is 2. The molecule has 0 fully saturated rings. The average Bonchev–Trinajstić information content (AvgIpc) is 3.16. The Morgan fingerprint density at radius 1 is 0.964 bits per heavy atom. The van der Waals surface area contributed by atoms with Gasteiger partial charge in [0.05, 0.1) is 16.5 Å². The Morgan fingerprint density at radius 3 is 2.57 bits per heavy atom. The van der Waals surface area contributed by atoms with Crippen molar-refractivity contribution < 1.29 is 4.52 Å². The molecular weight excluding hydrogens is 393 g/mol. The van der Waals surface area contributed by atoms with E-state index in [1.54, 1.807) is 12.1 Å². The molecule has 1 aliphatic heterocycles. The molecule has 0 saturated heterocycles. The average molecular weight is 410 g/mol. The first-order valence-electron chi connectivity index (χ1n) is 8.75. The summed E-state index contributed by atoms with van der Waals surface area (Å²) in [6, 6.07) is 15.7. The van der Waals surface area contributed by atoms with Crippen LogP contribution < -0.4 is 0 Å². The summed E-state index contributed by atoms with van der Waals surface area (Å²) in [5.74, 6) is 1.05. The minimum absolute atomic E-state index is 0.487. The highest BCUT2D eigenvalue weighted by Crippen LogP contribution is 2.26. The minimum Gasteiger partial charge on any atom is -0.343 e. The molecule has 1 aliphatic rings. The van der Waals surface area contributed by atoms with Crippen molar-refractivity contribution in [3.8, 4) is 0 Å². The van der Waals surface area contributed by atoms with E-state index in [1.165, 1.54) is 5.56 Å². The van der Waals surface area contributed by atoms with Gasteiger partial charge in [-0.15, -0.1) is 0 Å². The first-order valence-corrected chi connectivity index (χ1v) is 9.50. The molecule has 28 heavy (non-hydrogen) atoms. The number of rotatable bonds is 5. The van der Waals surface area contributed by atoms with Crippen LogP contribution in [0.15, 0.2) is 83.7 Å². The zero-order chi connectivity index (χ0) is 19.5. The topological polar surface area (TPSA) is 42.2 Å². The summed E-state index contributed by atoms with van der Waals surface area (Å²) in [6.07, 6.45) is 6.37. The Hall–Kier alpha value is -2.82. The molecule has 0 bridgehead atoms. The monoisotopic (exact) mass is 409 g/mol. The van der Waals surface area contributed by atoms with Crippen LogP contribution in [0, 0.1) is 0 Å². The van der Waals surface area contributed by atoms with Crippen molar-refractivity contribution in [3.63, 3.8) is 0 Å². The van der Waals surface area contributed by atoms with E-state index in [0.717, 1.165) is 23.4 Å². The van der Waals surface area contributed by atoms with Crippen molar-refractivity contribution in [2.75, 3.05) is 0 Å². The molecule has 0 saturated carbocycles. The molecule has 0 radical (unpaired) electrons. The van der Waals surface area contributed by atoms with E-state index in [4.69, 9.17) is 27.7 Å². The highest BCUT2D eigenvalue weighted by molar-refractivity contribution is 6.42. The van der Waals surface area contributed by atoms with Gasteiger partial charge in [0.15, 0.2) is 0 Å². The maximum absolute atomic E-state index is 6.07. The smallest absolute Gasteiger partial charge is 0.231 e. The van der Waals surface area contributed by atoms with Crippen molar-refractivity contribution in [3.05, 3.63) is 112 Å². The van der Waals surface area contributed by atoms with E-state index >= 15 is 0 Å². The number of hydrogen-bond donors (Lipinski definition) is 0. The van der Waals surface area contributed by atoms with E-state index in [-0.39, 0.29) is 0 Å². The molecule has 3 aromatic rings. The second-order valence-electron chi connectivity index (χ2n) is 6.46. The number of benzene rings is 2. The Kier molecular flexibility index (Phi) is 5.33. The second-order valence-corrected chi connectivity index (χ2v) is 7.27. The van der Waals surface area contributed by atoms with Gasteiger partial charge in [-0.1, -0.05) is 71.3 Å². The van der Waals surface area contributed by atoms with E-state index in [9.17, 15) is 0 Å². The fourth-order valence-corrected chi connectivity index (χ4v) is 3.22. The first-order chi connectivity index (χ1) is 13.6. The summed E-state index contributed by atoms with van der Waals surface area (Å²) < 4.78 is 5.42. The molecule has 0 amide bonds. The predicted molar refractivity (Wildman–Crippen MR) is 112 cm³/mol. The van der Waals surface area contributed by atoms with Crippen LogP contribution in [0.4, 0.5) is 0 Å². The van der Waals surface area contributed by atoms with Gasteiger partial charge in [0, 0.05) is 24.0 Å². The molecule has 0 atom stereocenters. The Morgan fingerprint density at radius 2 is 1.79 bits per heavy atom. The molecule has 2 heterocycles. The van der Waals surface area contributed by atoms with Crippen molar-refractivity contribution in [1.82, 2.24) is 15.0 Å². The van der Waals surface area contributed by atoms with Crippen LogP contribution in [0.1, 0.15) is 22.8 Å². The van der Waals surface area contributed by atoms with Crippen LogP contribution in [0.25, 0.3) is 5.57 Å². The van der Waals surface area contributed by atoms with Crippen LogP contribution in [0.3, 0.4) is 0 Å². The molecule has 140 valence electrons. The lowest BCUT2D eigenvalue weighted by molar-refractivity contribution is 0.383. The molecular formula is C22H17Cl2N3O. The molecule has 0 unspecified atom stereocenters. The number of allylic oxidation sites excluding steroid dienone is 3. The third kappa shape index (κ3) is 4.19. The van der Waals surface area contributed by atoms with Crippen LogP contribution >= 0.6 is 23.2 Å². The van der Waals surface area contributed by atoms with Crippen LogP contribution in [-0.4, -0.2) is 15.0 Å². The summed E-state index contributed by atoms with van der Waals surface area (Å²) >= 11 is 12.0. The van der Waals surface area contributed by atoms with Gasteiger partial charge >= 0.3 is 0 Å². The normalized spacial score (nSPS) is 13.7. The molecule has 4 nitrogen and oxygen atoms in total. The molecule has 0 aliphatic carbocycles. The van der Waals surface area contributed by atoms with Crippen molar-refractivity contribution in [2.24, 2.45) is 0 Å². The second kappa shape index (κ2) is 8.05. The van der Waals surface area contributed by atoms with Gasteiger partial charge < -0.3 is 9.42 Å². The van der Waals surface area contributed by atoms with Crippen LogP contribution in [0.2, 0.25) is 10.0 Å². The summed E-state index contributed by atoms with van der Waals surface area (Å²) in [4.78, 5) is 6.59. The molecule has 6 heteroatoms. The highest BCUT2D eigenvalue weighted by atomic mass is 35.5. The standard InChI is InChI=1S/C22H17Cl2N3O/c1-15-7-9-18(14-27(15)13-16-5-3-2-4-6-16)22-25-21(28-26-22)12-17-8-10-19(23)20(24)11-17/h2-11,14H,1,12-13H2. The lowest BCUT2D eigenvalue weighted by Gasteiger charge is -2.24. The lowest BCUT2D eigenvalue weighted by atomic mass is 10.1. The fraction of sp³-hybridized carbons (Fsp3) is 0.0909. The molecule has 2 aromatic carbocycles. The van der Waals surface area contributed by atoms with E-state index in [1.807, 2.05) is 42.6 Å². The van der Waals surface area contributed by atoms with Gasteiger partial charge in [0.1, 0.15) is 0 Å². The van der Waals surface area contributed by atoms with Crippen molar-refractivity contribution in [1.29, 1.82) is 0 Å². The molecule has 1 aromatic heterocycles. The van der Waals surface area contributed by atoms with Gasteiger partial charge in [-0.2, -0.15) is 4.98 Å². The highest BCUT2D eigenvalue weighted by Gasteiger charge is 2.16. The molecule has 0 N–H and O–H groups in total. The van der Waals surface area contributed by atoms with E-state index < -0.39 is 0 Å². The third-order valence-electron chi connectivity index (χ3n) is 4.38. The van der Waals surface area contributed by atoms with Gasteiger partial charge in [0.2, 0.25) is 11.7 Å². The maximum atomic E-state index is 6.07. The maximum Gasteiger partial charge on any atom is 0.231 e. The van der Waals surface area contributed by atoms with Crippen LogP contribution in [0.5, 0.6) is 0 Å². The van der Waals surface area contributed by atoms with E-state index in [2.05, 4.69) is 33.8 Å². The van der Waals surface area contributed by atoms with Gasteiger partial charge in [-0.05, 0) is 35.4 Å². The summed E-state index contributed by atoms with van der Waals surface area (Å²) in [5, 5.41) is 5.15. The minimum atomic E-state index is 0.487. The Labute approximate surface area is 173 Å². The lowest BCUT2D eigenvalue weighted by Crippen LogP contribution is -2.17. The van der Waals surface area contributed by atoms with Crippen molar-refractivity contribution >= 4 is 28.8 Å². The molecule has 4 rings (SSSR count). The van der Waals surface area contributed by atoms with Crippen LogP contribution in [-0.2, 0) is 13.0 Å².